The lowest BCUT2D eigenvalue weighted by molar-refractivity contribution is 0.340. The van der Waals surface area contributed by atoms with Crippen LogP contribution >= 0.6 is 0 Å². The number of anilines is 1. The highest BCUT2D eigenvalue weighted by Crippen LogP contribution is 2.31. The molecule has 0 aliphatic rings. The van der Waals surface area contributed by atoms with Crippen molar-refractivity contribution in [3.05, 3.63) is 53.6 Å². The average Bonchev–Trinajstić information content (AvgIpc) is 2.54. The van der Waals surface area contributed by atoms with Gasteiger partial charge in [-0.3, -0.25) is 4.55 Å². The smallest absolute Gasteiger partial charge is 0.294 e. The Morgan fingerprint density at radius 3 is 2.50 bits per heavy atom. The molecule has 0 saturated heterocycles. The van der Waals surface area contributed by atoms with Gasteiger partial charge in [0.2, 0.25) is 0 Å². The van der Waals surface area contributed by atoms with Crippen LogP contribution in [0.5, 0.6) is 5.75 Å². The van der Waals surface area contributed by atoms with E-state index in [-0.39, 0.29) is 4.90 Å². The molecule has 0 saturated carbocycles. The van der Waals surface area contributed by atoms with Crippen LogP contribution in [0.25, 0.3) is 0 Å². The molecule has 2 aromatic rings. The minimum absolute atomic E-state index is 0.0923. The molecule has 0 unspecified atom stereocenters. The normalized spacial score (nSPS) is 11.3. The van der Waals surface area contributed by atoms with Gasteiger partial charge in [0.05, 0.1) is 17.2 Å². The molecule has 2 rings (SSSR count). The highest BCUT2D eigenvalue weighted by atomic mass is 32.2. The highest BCUT2D eigenvalue weighted by Gasteiger charge is 2.14. The third kappa shape index (κ3) is 4.49. The van der Waals surface area contributed by atoms with Crippen molar-refractivity contribution in [3.63, 3.8) is 0 Å². The summed E-state index contributed by atoms with van der Waals surface area (Å²) in [4.78, 5) is 2.02. The van der Waals surface area contributed by atoms with Crippen molar-refractivity contribution in [2.75, 3.05) is 18.1 Å². The summed E-state index contributed by atoms with van der Waals surface area (Å²) in [5.41, 5.74) is 2.89. The van der Waals surface area contributed by atoms with Crippen LogP contribution in [0.1, 0.15) is 25.0 Å². The van der Waals surface area contributed by atoms with Gasteiger partial charge in [0.15, 0.2) is 0 Å². The number of rotatable bonds is 7. The predicted molar refractivity (Wildman–Crippen MR) is 95.3 cm³/mol. The molecule has 0 aliphatic carbocycles. The average molecular weight is 349 g/mol. The maximum atomic E-state index is 11.3. The summed E-state index contributed by atoms with van der Waals surface area (Å²) < 4.78 is 37.6. The van der Waals surface area contributed by atoms with Gasteiger partial charge in [-0.1, -0.05) is 18.2 Å². The molecule has 5 nitrogen and oxygen atoms in total. The molecule has 6 heteroatoms. The van der Waals surface area contributed by atoms with E-state index in [1.807, 2.05) is 39.0 Å². The van der Waals surface area contributed by atoms with Crippen LogP contribution in [0.2, 0.25) is 0 Å². The van der Waals surface area contributed by atoms with E-state index in [1.54, 1.807) is 6.07 Å². The predicted octanol–water partition coefficient (Wildman–Crippen LogP) is 3.67. The highest BCUT2D eigenvalue weighted by molar-refractivity contribution is 7.85. The number of hydrogen-bond acceptors (Lipinski definition) is 4. The van der Waals surface area contributed by atoms with Crippen LogP contribution in [0.3, 0.4) is 0 Å². The first-order chi connectivity index (χ1) is 11.3. The van der Waals surface area contributed by atoms with Crippen molar-refractivity contribution in [1.82, 2.24) is 0 Å². The molecule has 0 amide bonds. The van der Waals surface area contributed by atoms with Gasteiger partial charge in [-0.25, -0.2) is 0 Å². The van der Waals surface area contributed by atoms with Crippen molar-refractivity contribution in [2.24, 2.45) is 0 Å². The van der Waals surface area contributed by atoms with Crippen LogP contribution < -0.4 is 9.64 Å². The summed E-state index contributed by atoms with van der Waals surface area (Å²) in [6.07, 6.45) is 0. The number of ether oxygens (including phenoxy) is 1. The minimum atomic E-state index is -4.20. The molecule has 0 spiro atoms. The molecule has 0 fully saturated rings. The molecular weight excluding hydrogens is 326 g/mol. The molecule has 130 valence electrons. The van der Waals surface area contributed by atoms with E-state index in [0.29, 0.717) is 13.2 Å². The van der Waals surface area contributed by atoms with E-state index < -0.39 is 10.1 Å². The third-order valence-electron chi connectivity index (χ3n) is 3.71. The maximum Gasteiger partial charge on any atom is 0.294 e. The van der Waals surface area contributed by atoms with Crippen LogP contribution in [0.4, 0.5) is 5.69 Å². The summed E-state index contributed by atoms with van der Waals surface area (Å²) in [5.74, 6) is 0.802. The van der Waals surface area contributed by atoms with Crippen molar-refractivity contribution in [1.29, 1.82) is 0 Å². The zero-order valence-electron chi connectivity index (χ0n) is 14.2. The van der Waals surface area contributed by atoms with Crippen LogP contribution in [-0.4, -0.2) is 26.1 Å². The Bertz CT molecular complexity index is 802. The summed E-state index contributed by atoms with van der Waals surface area (Å²) in [7, 11) is -4.20. The maximum absolute atomic E-state index is 11.3. The molecule has 0 aromatic heterocycles. The number of aryl methyl sites for hydroxylation is 1. The van der Waals surface area contributed by atoms with Gasteiger partial charge >= 0.3 is 0 Å². The van der Waals surface area contributed by atoms with E-state index in [4.69, 9.17) is 4.74 Å². The van der Waals surface area contributed by atoms with Crippen molar-refractivity contribution in [2.45, 2.75) is 32.2 Å². The van der Waals surface area contributed by atoms with Crippen molar-refractivity contribution >= 4 is 15.8 Å². The second-order valence-electron chi connectivity index (χ2n) is 5.54. The Balaban J connectivity index is 2.35. The third-order valence-corrected chi connectivity index (χ3v) is 4.56. The number of benzene rings is 2. The van der Waals surface area contributed by atoms with Crippen LogP contribution in [0, 0.1) is 6.92 Å². The van der Waals surface area contributed by atoms with Gasteiger partial charge in [-0.15, -0.1) is 0 Å². The largest absolute Gasteiger partial charge is 0.492 e. The molecule has 0 atom stereocenters. The standard InChI is InChI=1S/C18H23NO4S/c1-4-19(17-11-14(3)9-10-18(17)23-5-2)13-15-7-6-8-16(12-15)24(20,21)22/h6-12H,4-5,13H2,1-3H3,(H,20,21,22). The molecule has 0 radical (unpaired) electrons. The molecule has 0 aliphatic heterocycles. The summed E-state index contributed by atoms with van der Waals surface area (Å²) in [5, 5.41) is 0. The fourth-order valence-corrected chi connectivity index (χ4v) is 3.09. The Labute approximate surface area is 143 Å². The quantitative estimate of drug-likeness (QED) is 0.773. The van der Waals surface area contributed by atoms with Crippen molar-refractivity contribution in [3.8, 4) is 5.75 Å². The second kappa shape index (κ2) is 7.68. The molecule has 2 aromatic carbocycles. The first-order valence-corrected chi connectivity index (χ1v) is 9.34. The minimum Gasteiger partial charge on any atom is -0.492 e. The Hall–Kier alpha value is -2.05. The molecule has 0 heterocycles. The Kier molecular flexibility index (Phi) is 5.85. The molecule has 1 N–H and O–H groups in total. The lowest BCUT2D eigenvalue weighted by Gasteiger charge is -2.26. The monoisotopic (exact) mass is 349 g/mol. The zero-order valence-corrected chi connectivity index (χ0v) is 15.0. The van der Waals surface area contributed by atoms with Gasteiger partial charge in [-0.2, -0.15) is 8.42 Å². The Morgan fingerprint density at radius 1 is 1.12 bits per heavy atom. The van der Waals surface area contributed by atoms with Gasteiger partial charge < -0.3 is 9.64 Å². The van der Waals surface area contributed by atoms with E-state index >= 15 is 0 Å². The first-order valence-electron chi connectivity index (χ1n) is 7.90. The fourth-order valence-electron chi connectivity index (χ4n) is 2.54. The van der Waals surface area contributed by atoms with Gasteiger partial charge in [0, 0.05) is 13.1 Å². The zero-order chi connectivity index (χ0) is 17.7. The topological polar surface area (TPSA) is 66.8 Å². The fraction of sp³-hybridized carbons (Fsp3) is 0.333. The Morgan fingerprint density at radius 2 is 1.88 bits per heavy atom. The van der Waals surface area contributed by atoms with E-state index in [2.05, 4.69) is 11.0 Å². The van der Waals surface area contributed by atoms with Crippen LogP contribution in [-0.2, 0) is 16.7 Å². The van der Waals surface area contributed by atoms with E-state index in [1.165, 1.54) is 12.1 Å². The number of nitrogens with zero attached hydrogens (tertiary/aromatic N) is 1. The first kappa shape index (κ1) is 18.3. The van der Waals surface area contributed by atoms with Crippen molar-refractivity contribution < 1.29 is 17.7 Å². The summed E-state index contributed by atoms with van der Waals surface area (Å²) in [6.45, 7) is 7.82. The molecule has 0 bridgehead atoms. The van der Waals surface area contributed by atoms with Crippen LogP contribution in [0.15, 0.2) is 47.4 Å². The van der Waals surface area contributed by atoms with Gasteiger partial charge in [0.25, 0.3) is 10.1 Å². The lowest BCUT2D eigenvalue weighted by atomic mass is 10.1. The van der Waals surface area contributed by atoms with E-state index in [9.17, 15) is 13.0 Å². The van der Waals surface area contributed by atoms with E-state index in [0.717, 1.165) is 29.1 Å². The van der Waals surface area contributed by atoms with Gasteiger partial charge in [0.1, 0.15) is 5.75 Å². The summed E-state index contributed by atoms with van der Waals surface area (Å²) in [6, 6.07) is 12.4. The second-order valence-corrected chi connectivity index (χ2v) is 6.96. The molecular formula is C18H23NO4S. The van der Waals surface area contributed by atoms with Gasteiger partial charge in [-0.05, 0) is 56.2 Å². The SMILES string of the molecule is CCOc1ccc(C)cc1N(CC)Cc1cccc(S(=O)(=O)O)c1. The molecule has 24 heavy (non-hydrogen) atoms. The number of hydrogen-bond donors (Lipinski definition) is 1. The summed E-state index contributed by atoms with van der Waals surface area (Å²) >= 11 is 0. The lowest BCUT2D eigenvalue weighted by Crippen LogP contribution is -2.23.